The molecule has 6 aromatic carbocycles. The van der Waals surface area contributed by atoms with Gasteiger partial charge in [0.25, 0.3) is 0 Å². The topological polar surface area (TPSA) is 401 Å². The Labute approximate surface area is 653 Å². The second kappa shape index (κ2) is 33.4. The fraction of sp³-hybridized carbons (Fsp3) is 0.0625. The molecule has 462 valence electrons. The molecule has 0 amide bonds. The maximum Gasteiger partial charge on any atom is 1.00 e. The van der Waals surface area contributed by atoms with Crippen molar-refractivity contribution in [2.24, 2.45) is 0 Å². The van der Waals surface area contributed by atoms with Crippen LogP contribution in [0.15, 0.2) is 161 Å². The summed E-state index contributed by atoms with van der Waals surface area (Å²) in [5, 5.41) is 0.251. The number of benzene rings is 6. The molecule has 0 saturated heterocycles. The van der Waals surface area contributed by atoms with Gasteiger partial charge < -0.3 is 48.1 Å². The van der Waals surface area contributed by atoms with Crippen LogP contribution in [0.1, 0.15) is 0 Å². The molecular formula is C48H39Cl3F3K3N9O18P3S3. The average Bonchev–Trinajstić information content (AvgIpc) is 1.60. The number of aromatic nitrogens is 6. The molecule has 9 aromatic rings. The van der Waals surface area contributed by atoms with Gasteiger partial charge in [0.2, 0.25) is 37.8 Å². The van der Waals surface area contributed by atoms with Crippen molar-refractivity contribution in [1.29, 1.82) is 0 Å². The van der Waals surface area contributed by atoms with Gasteiger partial charge >= 0.3 is 162 Å². The van der Waals surface area contributed by atoms with Crippen LogP contribution < -0.4 is 197 Å². The van der Waals surface area contributed by atoms with Crippen LogP contribution >= 0.6 is 58.0 Å². The summed E-state index contributed by atoms with van der Waals surface area (Å²) in [6.45, 7) is 0. The Morgan fingerprint density at radius 2 is 0.700 bits per heavy atom. The fourth-order valence-electron chi connectivity index (χ4n) is 7.75. The molecule has 27 nitrogen and oxygen atoms in total. The fourth-order valence-corrected chi connectivity index (χ4v) is 14.9. The summed E-state index contributed by atoms with van der Waals surface area (Å²) in [7, 11) is -25.2. The maximum atomic E-state index is 14.1. The Morgan fingerprint density at radius 3 is 0.922 bits per heavy atom. The van der Waals surface area contributed by atoms with E-state index in [1.807, 2.05) is 0 Å². The molecule has 0 spiro atoms. The number of ether oxygens (including phenoxy) is 3. The van der Waals surface area contributed by atoms with Crippen LogP contribution in [-0.2, 0) is 43.8 Å². The zero-order valence-corrected chi connectivity index (χ0v) is 63.6. The molecule has 0 saturated carbocycles. The Morgan fingerprint density at radius 1 is 0.444 bits per heavy atom. The van der Waals surface area contributed by atoms with Crippen LogP contribution in [0.2, 0.25) is 15.5 Å². The van der Waals surface area contributed by atoms with Crippen LogP contribution in [0, 0.1) is 17.5 Å². The molecule has 6 N–H and O–H groups in total. The summed E-state index contributed by atoms with van der Waals surface area (Å²) >= 11 is 18.4. The van der Waals surface area contributed by atoms with Crippen molar-refractivity contribution in [3.63, 3.8) is 0 Å². The number of halogens is 6. The van der Waals surface area contributed by atoms with E-state index in [4.69, 9.17) is 63.7 Å². The first-order valence-electron chi connectivity index (χ1n) is 23.3. The summed E-state index contributed by atoms with van der Waals surface area (Å²) in [6, 6.07) is 27.6. The number of methoxy groups -OCH3 is 3. The van der Waals surface area contributed by atoms with Crippen molar-refractivity contribution in [3.8, 4) is 68.1 Å². The van der Waals surface area contributed by atoms with Gasteiger partial charge in [-0.15, -0.1) is 8.99 Å². The molecule has 0 aliphatic carbocycles. The molecular weight excluding hydrogens is 1460 g/mol. The van der Waals surface area contributed by atoms with Crippen molar-refractivity contribution in [1.82, 2.24) is 42.1 Å². The molecule has 1 atom stereocenters. The van der Waals surface area contributed by atoms with Gasteiger partial charge in [-0.05, 0) is 127 Å². The van der Waals surface area contributed by atoms with E-state index < -0.39 is 80.6 Å². The van der Waals surface area contributed by atoms with Crippen molar-refractivity contribution >= 4 is 88.1 Å². The number of nitrogens with zero attached hydrogens (tertiary/aromatic N) is 6. The first-order chi connectivity index (χ1) is 40.5. The normalized spacial score (nSPS) is 12.3. The second-order valence-corrected chi connectivity index (χ2v) is 28.0. The monoisotopic (exact) mass is 1500 g/mol. The van der Waals surface area contributed by atoms with E-state index in [0.29, 0.717) is 50.8 Å². The first kappa shape index (κ1) is 80.5. The number of hydrogen-bond acceptors (Lipinski definition) is 18. The van der Waals surface area contributed by atoms with Gasteiger partial charge in [0.05, 0.1) is 53.1 Å². The predicted octanol–water partition coefficient (Wildman–Crippen LogP) is -2.75. The zero-order chi connectivity index (χ0) is 64.2. The van der Waals surface area contributed by atoms with Crippen molar-refractivity contribution in [3.05, 3.63) is 179 Å². The van der Waals surface area contributed by atoms with E-state index in [1.165, 1.54) is 131 Å². The number of hydrogen-bond donors (Lipinski definition) is 6. The quantitative estimate of drug-likeness (QED) is 0.0375. The predicted molar refractivity (Wildman–Crippen MR) is 302 cm³/mol. The molecule has 3 aromatic heterocycles. The number of sulfonamides is 3. The van der Waals surface area contributed by atoms with Gasteiger partial charge in [0, 0.05) is 41.5 Å². The van der Waals surface area contributed by atoms with Gasteiger partial charge in [0.1, 0.15) is 19.0 Å². The Kier molecular flexibility index (Phi) is 29.9. The van der Waals surface area contributed by atoms with Crippen LogP contribution in [0.4, 0.5) is 13.2 Å². The number of nitrogens with one attached hydrogen (secondary N) is 3. The molecule has 0 aliphatic rings. The summed E-state index contributed by atoms with van der Waals surface area (Å²) in [6.07, 6.45) is 4.09. The minimum Gasteiger partial charge on any atom is -0.799 e. The Balaban J connectivity index is 0.000000284. The minimum absolute atomic E-state index is 0. The number of imidazole rings is 3. The van der Waals surface area contributed by atoms with E-state index in [9.17, 15) is 66.8 Å². The summed E-state index contributed by atoms with van der Waals surface area (Å²) < 4.78 is 169. The standard InChI is InChI=1S/3C16H14ClFN3O6PS.3K/c3*1-27-14-7-2-10(8-13(14)18)15-16(17)19-9-21(15)11-3-5-12(6-4-11)29(25,26)20-28(22,23)24;;;/h3*2-9H,1H3,(H3,20,22,23,24);;;/q;;;3*+1/p-3. The largest absolute Gasteiger partial charge is 1.00 e. The molecule has 0 fully saturated rings. The molecule has 90 heavy (non-hydrogen) atoms. The van der Waals surface area contributed by atoms with Crippen molar-refractivity contribution in [2.75, 3.05) is 21.3 Å². The smallest absolute Gasteiger partial charge is 0.799 e. The third-order valence-corrected chi connectivity index (χ3v) is 20.6. The average molecular weight is 1500 g/mol. The Bertz CT molecular complexity index is 4100. The van der Waals surface area contributed by atoms with Crippen LogP contribution in [0.5, 0.6) is 17.2 Å². The van der Waals surface area contributed by atoms with Crippen LogP contribution in [0.3, 0.4) is 0 Å². The van der Waals surface area contributed by atoms with Gasteiger partial charge in [-0.1, -0.05) is 34.8 Å². The zero-order valence-electron chi connectivity index (χ0n) is 46.8. The summed E-state index contributed by atoms with van der Waals surface area (Å²) in [5.74, 6) is -1.65. The van der Waals surface area contributed by atoms with Gasteiger partial charge in [-0.25, -0.2) is 57.9 Å². The SMILES string of the molecule is COc1ccc(-c2c(Cl)ncn2-c2ccc(S(=O)(=O)NP(=O)(O)O)cc2)cc1F.COc1ccc(-c2c(Cl)ncn2-c2ccc(S(=O)(=O)NP(=O)([O-])O)cc2)cc1F.COc1ccc(-c2c(Cl)ncn2-c2ccc(S(=O)(=O)NP(=O)([O-])[O-])cc2)cc1F.[K+].[K+].[K+]. The first-order valence-corrected chi connectivity index (χ1v) is 33.6. The molecule has 1 unspecified atom stereocenters. The van der Waals surface area contributed by atoms with Gasteiger partial charge in [-0.3, -0.25) is 18.3 Å². The van der Waals surface area contributed by atoms with E-state index in [0.717, 1.165) is 45.4 Å². The molecule has 0 bridgehead atoms. The number of rotatable bonds is 18. The Hall–Kier alpha value is -1.90. The van der Waals surface area contributed by atoms with E-state index >= 15 is 0 Å². The minimum atomic E-state index is -5.50. The van der Waals surface area contributed by atoms with Crippen molar-refractivity contribution < 1.29 is 250 Å². The molecule has 42 heteroatoms. The second-order valence-electron chi connectivity index (χ2n) is 17.1. The maximum absolute atomic E-state index is 14.1. The summed E-state index contributed by atoms with van der Waals surface area (Å²) in [4.78, 5) is 69.4. The van der Waals surface area contributed by atoms with Gasteiger partial charge in [-0.2, -0.15) is 4.49 Å². The third-order valence-electron chi connectivity index (χ3n) is 11.4. The molecule has 0 aliphatic heterocycles. The molecule has 9 rings (SSSR count). The van der Waals surface area contributed by atoms with Crippen LogP contribution in [0.25, 0.3) is 50.8 Å². The van der Waals surface area contributed by atoms with E-state index in [1.54, 1.807) is 18.2 Å². The summed E-state index contributed by atoms with van der Waals surface area (Å²) in [5.41, 5.74) is 3.51. The van der Waals surface area contributed by atoms with Crippen molar-refractivity contribution in [2.45, 2.75) is 14.7 Å². The third kappa shape index (κ3) is 21.1. The van der Waals surface area contributed by atoms with Crippen LogP contribution in [-0.4, -0.2) is 89.9 Å². The van der Waals surface area contributed by atoms with E-state index in [-0.39, 0.29) is 192 Å². The van der Waals surface area contributed by atoms with Gasteiger partial charge in [0.15, 0.2) is 50.2 Å². The molecule has 0 radical (unpaired) electrons. The molecule has 3 heterocycles. The van der Waals surface area contributed by atoms with E-state index in [2.05, 4.69) is 15.0 Å².